The number of nitrogens with one attached hydrogen (secondary N) is 1. The van der Waals surface area contributed by atoms with Crippen LogP contribution in [-0.4, -0.2) is 33.4 Å². The van der Waals surface area contributed by atoms with Crippen LogP contribution in [0.1, 0.15) is 5.56 Å². The maximum absolute atomic E-state index is 5.48. The lowest BCUT2D eigenvalue weighted by atomic mass is 10.1. The van der Waals surface area contributed by atoms with Crippen LogP contribution in [0.5, 0.6) is 17.2 Å². The third-order valence-corrected chi connectivity index (χ3v) is 4.81. The molecule has 2 aromatic carbocycles. The minimum atomic E-state index is 0.258. The summed E-state index contributed by atoms with van der Waals surface area (Å²) in [7, 11) is 1.65. The molecular weight excluding hydrogens is 382 g/mol. The van der Waals surface area contributed by atoms with Crippen molar-refractivity contribution in [3.05, 3.63) is 72.9 Å². The van der Waals surface area contributed by atoms with Crippen molar-refractivity contribution in [2.75, 3.05) is 19.2 Å². The Labute approximate surface area is 173 Å². The van der Waals surface area contributed by atoms with E-state index in [0.717, 1.165) is 39.8 Å². The van der Waals surface area contributed by atoms with E-state index in [1.807, 2.05) is 54.9 Å². The minimum absolute atomic E-state index is 0.258. The third kappa shape index (κ3) is 3.50. The fourth-order valence-corrected chi connectivity index (χ4v) is 3.23. The molecule has 2 aromatic heterocycles. The molecule has 1 N–H and O–H groups in total. The van der Waals surface area contributed by atoms with Crippen LogP contribution >= 0.6 is 0 Å². The van der Waals surface area contributed by atoms with E-state index in [-0.39, 0.29) is 6.79 Å². The van der Waals surface area contributed by atoms with Crippen molar-refractivity contribution >= 4 is 5.82 Å². The first-order valence-corrected chi connectivity index (χ1v) is 9.42. The quantitative estimate of drug-likeness (QED) is 0.528. The van der Waals surface area contributed by atoms with Gasteiger partial charge < -0.3 is 19.5 Å². The molecule has 150 valence electrons. The molecule has 0 aliphatic carbocycles. The lowest BCUT2D eigenvalue weighted by Gasteiger charge is -2.13. The normalized spacial score (nSPS) is 12.0. The smallest absolute Gasteiger partial charge is 0.236 e. The summed E-state index contributed by atoms with van der Waals surface area (Å²) < 4.78 is 17.9. The first kappa shape index (κ1) is 18.0. The second-order valence-corrected chi connectivity index (χ2v) is 6.67. The molecule has 5 rings (SSSR count). The summed E-state index contributed by atoms with van der Waals surface area (Å²) in [6.07, 6.45) is 6.99. The summed E-state index contributed by atoms with van der Waals surface area (Å²) in [6.45, 7) is 0.828. The molecule has 0 saturated heterocycles. The molecule has 1 aliphatic rings. The molecule has 8 nitrogen and oxygen atoms in total. The summed E-state index contributed by atoms with van der Waals surface area (Å²) in [5.41, 5.74) is 2.94. The maximum atomic E-state index is 5.48. The van der Waals surface area contributed by atoms with Crippen molar-refractivity contribution < 1.29 is 14.2 Å². The standard InChI is InChI=1S/C22H19N5O3/c1-28-17-5-3-16(4-6-17)18-12-25-22(27-9-8-23-13-27)26-21(18)24-11-15-2-7-19-20(10-15)30-14-29-19/h2-10,12-13H,11,14H2,1H3,(H,24,25,26). The highest BCUT2D eigenvalue weighted by molar-refractivity contribution is 5.75. The third-order valence-electron chi connectivity index (χ3n) is 4.81. The van der Waals surface area contributed by atoms with E-state index in [2.05, 4.69) is 15.3 Å². The average molecular weight is 401 g/mol. The minimum Gasteiger partial charge on any atom is -0.497 e. The predicted octanol–water partition coefficient (Wildman–Crippen LogP) is 3.68. The average Bonchev–Trinajstić information content (AvgIpc) is 3.49. The molecule has 0 atom stereocenters. The van der Waals surface area contributed by atoms with Crippen molar-refractivity contribution in [2.24, 2.45) is 0 Å². The van der Waals surface area contributed by atoms with Crippen LogP contribution in [0.25, 0.3) is 17.1 Å². The molecule has 0 unspecified atom stereocenters. The van der Waals surface area contributed by atoms with Crippen LogP contribution in [0, 0.1) is 0 Å². The summed E-state index contributed by atoms with van der Waals surface area (Å²) in [4.78, 5) is 13.3. The zero-order valence-corrected chi connectivity index (χ0v) is 16.3. The summed E-state index contributed by atoms with van der Waals surface area (Å²) in [6, 6.07) is 13.7. The second-order valence-electron chi connectivity index (χ2n) is 6.67. The number of anilines is 1. The molecule has 0 amide bonds. The molecule has 30 heavy (non-hydrogen) atoms. The lowest BCUT2D eigenvalue weighted by Crippen LogP contribution is -2.07. The van der Waals surface area contributed by atoms with Crippen LogP contribution in [0.4, 0.5) is 5.82 Å². The van der Waals surface area contributed by atoms with Crippen molar-refractivity contribution in [1.29, 1.82) is 0 Å². The van der Waals surface area contributed by atoms with Crippen molar-refractivity contribution in [3.63, 3.8) is 0 Å². The highest BCUT2D eigenvalue weighted by atomic mass is 16.7. The van der Waals surface area contributed by atoms with Gasteiger partial charge in [-0.1, -0.05) is 18.2 Å². The second kappa shape index (κ2) is 7.75. The zero-order valence-electron chi connectivity index (χ0n) is 16.3. The number of hydrogen-bond donors (Lipinski definition) is 1. The Morgan fingerprint density at radius 3 is 2.77 bits per heavy atom. The molecule has 1 aliphatic heterocycles. The van der Waals surface area contributed by atoms with Gasteiger partial charge in [0, 0.05) is 30.7 Å². The summed E-state index contributed by atoms with van der Waals surface area (Å²) in [5.74, 6) is 3.58. The van der Waals surface area contributed by atoms with E-state index in [9.17, 15) is 0 Å². The zero-order chi connectivity index (χ0) is 20.3. The largest absolute Gasteiger partial charge is 0.497 e. The Morgan fingerprint density at radius 1 is 1.10 bits per heavy atom. The number of hydrogen-bond acceptors (Lipinski definition) is 7. The molecule has 0 spiro atoms. The van der Waals surface area contributed by atoms with Gasteiger partial charge in [-0.3, -0.25) is 4.57 Å². The Balaban J connectivity index is 1.47. The van der Waals surface area contributed by atoms with Gasteiger partial charge in [0.15, 0.2) is 11.5 Å². The van der Waals surface area contributed by atoms with E-state index in [0.29, 0.717) is 12.5 Å². The fourth-order valence-electron chi connectivity index (χ4n) is 3.23. The van der Waals surface area contributed by atoms with Crippen molar-refractivity contribution in [1.82, 2.24) is 19.5 Å². The van der Waals surface area contributed by atoms with Gasteiger partial charge in [-0.15, -0.1) is 0 Å². The van der Waals surface area contributed by atoms with E-state index in [1.165, 1.54) is 0 Å². The van der Waals surface area contributed by atoms with Crippen LogP contribution < -0.4 is 19.5 Å². The van der Waals surface area contributed by atoms with Crippen molar-refractivity contribution in [3.8, 4) is 34.3 Å². The van der Waals surface area contributed by atoms with Gasteiger partial charge in [0.1, 0.15) is 17.9 Å². The molecule has 0 radical (unpaired) electrons. The highest BCUT2D eigenvalue weighted by Gasteiger charge is 2.14. The Morgan fingerprint density at radius 2 is 1.97 bits per heavy atom. The predicted molar refractivity (Wildman–Crippen MR) is 111 cm³/mol. The van der Waals surface area contributed by atoms with Crippen molar-refractivity contribution in [2.45, 2.75) is 6.54 Å². The van der Waals surface area contributed by atoms with Gasteiger partial charge in [-0.05, 0) is 35.4 Å². The van der Waals surface area contributed by atoms with E-state index >= 15 is 0 Å². The number of ether oxygens (including phenoxy) is 3. The molecule has 4 aromatic rings. The Kier molecular flexibility index (Phi) is 4.65. The Bertz CT molecular complexity index is 1160. The number of benzene rings is 2. The van der Waals surface area contributed by atoms with Crippen LogP contribution in [0.15, 0.2) is 67.4 Å². The van der Waals surface area contributed by atoms with Crippen LogP contribution in [0.2, 0.25) is 0 Å². The number of aromatic nitrogens is 4. The van der Waals surface area contributed by atoms with Crippen LogP contribution in [-0.2, 0) is 6.54 Å². The number of rotatable bonds is 6. The number of nitrogens with zero attached hydrogens (tertiary/aromatic N) is 4. The maximum Gasteiger partial charge on any atom is 0.236 e. The number of methoxy groups -OCH3 is 1. The molecule has 3 heterocycles. The fraction of sp³-hybridized carbons (Fsp3) is 0.136. The van der Waals surface area contributed by atoms with Gasteiger partial charge in [-0.25, -0.2) is 9.97 Å². The molecule has 0 fully saturated rings. The van der Waals surface area contributed by atoms with E-state index in [1.54, 1.807) is 24.2 Å². The lowest BCUT2D eigenvalue weighted by molar-refractivity contribution is 0.174. The van der Waals surface area contributed by atoms with E-state index < -0.39 is 0 Å². The molecule has 8 heteroatoms. The highest BCUT2D eigenvalue weighted by Crippen LogP contribution is 2.33. The summed E-state index contributed by atoms with van der Waals surface area (Å²) in [5, 5.41) is 3.44. The first-order valence-electron chi connectivity index (χ1n) is 9.42. The SMILES string of the molecule is COc1ccc(-c2cnc(-n3ccnc3)nc2NCc2ccc3c(c2)OCO3)cc1. The Hall–Kier alpha value is -4.07. The van der Waals surface area contributed by atoms with Crippen LogP contribution in [0.3, 0.4) is 0 Å². The number of fused-ring (bicyclic) bond motifs is 1. The topological polar surface area (TPSA) is 83.3 Å². The van der Waals surface area contributed by atoms with Gasteiger partial charge in [0.2, 0.25) is 12.7 Å². The monoisotopic (exact) mass is 401 g/mol. The molecule has 0 bridgehead atoms. The van der Waals surface area contributed by atoms with Gasteiger partial charge in [-0.2, -0.15) is 4.98 Å². The summed E-state index contributed by atoms with van der Waals surface area (Å²) >= 11 is 0. The number of imidazole rings is 1. The molecular formula is C22H19N5O3. The molecule has 0 saturated carbocycles. The van der Waals surface area contributed by atoms with Gasteiger partial charge in [0.25, 0.3) is 0 Å². The first-order chi connectivity index (χ1) is 14.8. The van der Waals surface area contributed by atoms with Gasteiger partial charge in [0.05, 0.1) is 7.11 Å². The van der Waals surface area contributed by atoms with E-state index in [4.69, 9.17) is 19.2 Å². The van der Waals surface area contributed by atoms with Gasteiger partial charge >= 0.3 is 0 Å².